The molecule has 0 saturated carbocycles. The Labute approximate surface area is 141 Å². The van der Waals surface area contributed by atoms with E-state index in [4.69, 9.17) is 0 Å². The highest BCUT2D eigenvalue weighted by atomic mass is 14.8. The van der Waals surface area contributed by atoms with E-state index in [-0.39, 0.29) is 0 Å². The summed E-state index contributed by atoms with van der Waals surface area (Å²) in [5, 5.41) is 1.48. The van der Waals surface area contributed by atoms with E-state index >= 15 is 0 Å². The molecule has 0 radical (unpaired) electrons. The summed E-state index contributed by atoms with van der Waals surface area (Å²) in [6.07, 6.45) is 15.0. The van der Waals surface area contributed by atoms with Crippen molar-refractivity contribution in [1.29, 1.82) is 0 Å². The Morgan fingerprint density at radius 1 is 0.957 bits per heavy atom. The van der Waals surface area contributed by atoms with Gasteiger partial charge < -0.3 is 4.98 Å². The number of aryl methyl sites for hydroxylation is 1. The first-order valence-corrected chi connectivity index (χ1v) is 9.91. The molecule has 0 fully saturated rings. The van der Waals surface area contributed by atoms with Crippen LogP contribution in [0.4, 0.5) is 0 Å². The Kier molecular flexibility index (Phi) is 5.46. The second kappa shape index (κ2) is 7.55. The molecule has 2 aromatic rings. The van der Waals surface area contributed by atoms with E-state index < -0.39 is 0 Å². The van der Waals surface area contributed by atoms with Crippen LogP contribution < -0.4 is 0 Å². The van der Waals surface area contributed by atoms with Crippen molar-refractivity contribution in [1.82, 2.24) is 4.98 Å². The molecule has 0 bridgehead atoms. The molecule has 23 heavy (non-hydrogen) atoms. The number of unbranched alkanes of at least 4 members (excludes halogenated alkanes) is 4. The summed E-state index contributed by atoms with van der Waals surface area (Å²) in [5.74, 6) is 0. The van der Waals surface area contributed by atoms with Crippen molar-refractivity contribution in [2.24, 2.45) is 0 Å². The van der Waals surface area contributed by atoms with Crippen molar-refractivity contribution in [3.63, 3.8) is 0 Å². The Morgan fingerprint density at radius 2 is 1.65 bits per heavy atom. The highest BCUT2D eigenvalue weighted by Crippen LogP contribution is 2.46. The van der Waals surface area contributed by atoms with Gasteiger partial charge in [0.05, 0.1) is 0 Å². The Hall–Kier alpha value is -1.24. The molecule has 0 aliphatic heterocycles. The molecular formula is C22H33N. The number of hydrogen-bond donors (Lipinski definition) is 1. The summed E-state index contributed by atoms with van der Waals surface area (Å²) in [4.78, 5) is 3.86. The minimum atomic E-state index is 0.428. The molecule has 1 aromatic carbocycles. The summed E-state index contributed by atoms with van der Waals surface area (Å²) in [6, 6.07) is 8.94. The van der Waals surface area contributed by atoms with Crippen LogP contribution in [0.25, 0.3) is 10.9 Å². The number of rotatable bonds is 8. The monoisotopic (exact) mass is 311 g/mol. The lowest BCUT2D eigenvalue weighted by Crippen LogP contribution is -2.31. The van der Waals surface area contributed by atoms with Crippen LogP contribution >= 0.6 is 0 Å². The lowest BCUT2D eigenvalue weighted by atomic mass is 9.67. The van der Waals surface area contributed by atoms with Gasteiger partial charge in [0.2, 0.25) is 0 Å². The Bertz CT molecular complexity index is 612. The zero-order valence-corrected chi connectivity index (χ0v) is 15.1. The number of aromatic amines is 1. The fourth-order valence-corrected chi connectivity index (χ4v) is 4.69. The van der Waals surface area contributed by atoms with Gasteiger partial charge in [0.15, 0.2) is 0 Å². The molecule has 3 rings (SSSR count). The van der Waals surface area contributed by atoms with Crippen molar-refractivity contribution >= 4 is 10.9 Å². The lowest BCUT2D eigenvalue weighted by molar-refractivity contribution is 0.285. The van der Waals surface area contributed by atoms with Gasteiger partial charge in [-0.3, -0.25) is 0 Å². The molecule has 0 spiro atoms. The van der Waals surface area contributed by atoms with Gasteiger partial charge in [-0.1, -0.05) is 70.6 Å². The number of benzene rings is 1. The standard InChI is InChI=1S/C22H33N/c1-3-5-9-15-22(16-10-6-4-2)17-11-13-19-18-12-7-8-14-20(18)23-21(19)22/h7-8,12,14,23H,3-6,9-11,13,15-17H2,1-2H3. The summed E-state index contributed by atoms with van der Waals surface area (Å²) < 4.78 is 0. The minimum absolute atomic E-state index is 0.428. The maximum Gasteiger partial charge on any atom is 0.0459 e. The van der Waals surface area contributed by atoms with Crippen LogP contribution in [0, 0.1) is 0 Å². The van der Waals surface area contributed by atoms with Gasteiger partial charge in [-0.15, -0.1) is 0 Å². The first-order valence-electron chi connectivity index (χ1n) is 9.91. The molecule has 1 heterocycles. The molecule has 1 aromatic heterocycles. The minimum Gasteiger partial charge on any atom is -0.358 e. The molecule has 126 valence electrons. The summed E-state index contributed by atoms with van der Waals surface area (Å²) in [6.45, 7) is 4.64. The molecule has 1 aliphatic rings. The Morgan fingerprint density at radius 3 is 2.35 bits per heavy atom. The zero-order chi connectivity index (χ0) is 16.1. The Balaban J connectivity index is 1.95. The molecule has 0 saturated heterocycles. The predicted molar refractivity (Wildman–Crippen MR) is 101 cm³/mol. The molecule has 0 atom stereocenters. The highest BCUT2D eigenvalue weighted by Gasteiger charge is 2.37. The number of nitrogens with one attached hydrogen (secondary N) is 1. The van der Waals surface area contributed by atoms with Gasteiger partial charge in [0.25, 0.3) is 0 Å². The second-order valence-electron chi connectivity index (χ2n) is 7.57. The van der Waals surface area contributed by atoms with E-state index in [1.807, 2.05) is 0 Å². The largest absolute Gasteiger partial charge is 0.358 e. The van der Waals surface area contributed by atoms with E-state index in [1.165, 1.54) is 81.5 Å². The average Bonchev–Trinajstić information content (AvgIpc) is 2.96. The van der Waals surface area contributed by atoms with Crippen LogP contribution in [0.1, 0.15) is 89.3 Å². The smallest absolute Gasteiger partial charge is 0.0459 e. The van der Waals surface area contributed by atoms with E-state index in [2.05, 4.69) is 43.1 Å². The van der Waals surface area contributed by atoms with Crippen LogP contribution in [-0.2, 0) is 11.8 Å². The average molecular weight is 312 g/mol. The van der Waals surface area contributed by atoms with Crippen molar-refractivity contribution in [2.75, 3.05) is 0 Å². The fourth-order valence-electron chi connectivity index (χ4n) is 4.69. The van der Waals surface area contributed by atoms with Gasteiger partial charge in [0.1, 0.15) is 0 Å². The van der Waals surface area contributed by atoms with Crippen LogP contribution in [0.3, 0.4) is 0 Å². The second-order valence-corrected chi connectivity index (χ2v) is 7.57. The van der Waals surface area contributed by atoms with Crippen LogP contribution in [0.5, 0.6) is 0 Å². The van der Waals surface area contributed by atoms with Crippen LogP contribution in [0.2, 0.25) is 0 Å². The van der Waals surface area contributed by atoms with Crippen molar-refractivity contribution in [3.05, 3.63) is 35.5 Å². The molecule has 1 aliphatic carbocycles. The number of para-hydroxylation sites is 1. The third-order valence-corrected chi connectivity index (χ3v) is 5.94. The highest BCUT2D eigenvalue weighted by molar-refractivity contribution is 5.85. The third-order valence-electron chi connectivity index (χ3n) is 5.94. The quantitative estimate of drug-likeness (QED) is 0.510. The summed E-state index contributed by atoms with van der Waals surface area (Å²) in [5.41, 5.74) is 5.03. The van der Waals surface area contributed by atoms with Gasteiger partial charge in [0, 0.05) is 22.0 Å². The number of aromatic nitrogens is 1. The topological polar surface area (TPSA) is 15.8 Å². The third kappa shape index (κ3) is 3.34. The van der Waals surface area contributed by atoms with Gasteiger partial charge in [-0.2, -0.15) is 0 Å². The lowest BCUT2D eigenvalue weighted by Gasteiger charge is -2.38. The maximum atomic E-state index is 3.86. The summed E-state index contributed by atoms with van der Waals surface area (Å²) >= 11 is 0. The summed E-state index contributed by atoms with van der Waals surface area (Å²) in [7, 11) is 0. The van der Waals surface area contributed by atoms with Gasteiger partial charge in [-0.25, -0.2) is 0 Å². The van der Waals surface area contributed by atoms with Crippen LogP contribution in [-0.4, -0.2) is 4.98 Å². The molecule has 1 N–H and O–H groups in total. The zero-order valence-electron chi connectivity index (χ0n) is 15.1. The SMILES string of the molecule is CCCCCC1(CCCCC)CCCc2c1[nH]c1ccccc21. The van der Waals surface area contributed by atoms with E-state index in [1.54, 1.807) is 11.3 Å². The molecule has 0 unspecified atom stereocenters. The number of fused-ring (bicyclic) bond motifs is 3. The van der Waals surface area contributed by atoms with Crippen molar-refractivity contribution in [3.8, 4) is 0 Å². The normalized spacial score (nSPS) is 16.6. The van der Waals surface area contributed by atoms with Gasteiger partial charge in [-0.05, 0) is 43.7 Å². The molecule has 1 heteroatoms. The molecule has 0 amide bonds. The van der Waals surface area contributed by atoms with E-state index in [0.29, 0.717) is 5.41 Å². The first-order chi connectivity index (χ1) is 11.3. The first kappa shape index (κ1) is 16.6. The molecule has 1 nitrogen and oxygen atoms in total. The van der Waals surface area contributed by atoms with E-state index in [9.17, 15) is 0 Å². The van der Waals surface area contributed by atoms with Crippen molar-refractivity contribution in [2.45, 2.75) is 89.9 Å². The van der Waals surface area contributed by atoms with Crippen molar-refractivity contribution < 1.29 is 0 Å². The number of hydrogen-bond acceptors (Lipinski definition) is 0. The maximum absolute atomic E-state index is 3.86. The van der Waals surface area contributed by atoms with Crippen LogP contribution in [0.15, 0.2) is 24.3 Å². The van der Waals surface area contributed by atoms with Gasteiger partial charge >= 0.3 is 0 Å². The fraction of sp³-hybridized carbons (Fsp3) is 0.636. The predicted octanol–water partition coefficient (Wildman–Crippen LogP) is 6.90. The number of H-pyrrole nitrogens is 1. The molecular weight excluding hydrogens is 278 g/mol. The van der Waals surface area contributed by atoms with E-state index in [0.717, 1.165) is 0 Å².